The number of methoxy groups -OCH3 is 1. The summed E-state index contributed by atoms with van der Waals surface area (Å²) in [5.74, 6) is -1.39. The van der Waals surface area contributed by atoms with Crippen molar-refractivity contribution in [1.29, 1.82) is 0 Å². The Kier molecular flexibility index (Phi) is 7.48. The number of aliphatic carboxylic acids is 1. The van der Waals surface area contributed by atoms with Gasteiger partial charge in [0, 0.05) is 27.3 Å². The summed E-state index contributed by atoms with van der Waals surface area (Å²) in [6, 6.07) is 9.51. The maximum atomic E-state index is 15.5. The van der Waals surface area contributed by atoms with Crippen molar-refractivity contribution in [2.75, 3.05) is 17.7 Å². The van der Waals surface area contributed by atoms with Gasteiger partial charge in [-0.15, -0.1) is 0 Å². The number of ether oxygens (including phenoxy) is 2. The van der Waals surface area contributed by atoms with Crippen LogP contribution in [0.5, 0.6) is 5.75 Å². The quantitative estimate of drug-likeness (QED) is 0.353. The topological polar surface area (TPSA) is 93.1 Å². The van der Waals surface area contributed by atoms with E-state index in [9.17, 15) is 18.3 Å². The molecule has 0 bridgehead atoms. The average Bonchev–Trinajstić information content (AvgIpc) is 2.83. The summed E-state index contributed by atoms with van der Waals surface area (Å²) in [5, 5.41) is 10.8. The number of anilines is 1. The van der Waals surface area contributed by atoms with E-state index in [0.717, 1.165) is 6.26 Å². The Labute approximate surface area is 233 Å². The van der Waals surface area contributed by atoms with Gasteiger partial charge >= 0.3 is 5.97 Å². The molecular formula is C29H31ClFNO6S. The van der Waals surface area contributed by atoms with Crippen LogP contribution < -0.4 is 9.04 Å². The van der Waals surface area contributed by atoms with Crippen LogP contribution in [-0.2, 0) is 26.1 Å². The number of carbonyl (C=O) groups is 1. The zero-order valence-corrected chi connectivity index (χ0v) is 24.4. The molecule has 3 aromatic carbocycles. The van der Waals surface area contributed by atoms with E-state index in [0.29, 0.717) is 44.2 Å². The molecule has 0 aromatic heterocycles. The van der Waals surface area contributed by atoms with E-state index in [1.54, 1.807) is 58.9 Å². The average molecular weight is 576 g/mol. The molecule has 0 spiro atoms. The fourth-order valence-corrected chi connectivity index (χ4v) is 6.35. The van der Waals surface area contributed by atoms with Crippen molar-refractivity contribution in [2.24, 2.45) is 0 Å². The van der Waals surface area contributed by atoms with E-state index in [4.69, 9.17) is 21.1 Å². The zero-order chi connectivity index (χ0) is 29.0. The van der Waals surface area contributed by atoms with Crippen molar-refractivity contribution in [2.45, 2.75) is 52.9 Å². The molecule has 3 aromatic rings. The normalized spacial score (nSPS) is 14.0. The molecule has 7 nitrogen and oxygen atoms in total. The SMILES string of the molecule is COc1cc(Cl)ccc1-c1c(C)c2c(c(C)c1[C@H](OC(C)(C)C)C(=O)O)N(S(C)(=O)=O)Cc1cccc(F)c1-2. The molecule has 208 valence electrons. The monoisotopic (exact) mass is 575 g/mol. The maximum Gasteiger partial charge on any atom is 0.337 e. The number of sulfonamides is 1. The second-order valence-corrected chi connectivity index (χ2v) is 12.9. The molecule has 1 atom stereocenters. The summed E-state index contributed by atoms with van der Waals surface area (Å²) in [7, 11) is -2.38. The molecule has 0 saturated heterocycles. The lowest BCUT2D eigenvalue weighted by Crippen LogP contribution is -2.35. The van der Waals surface area contributed by atoms with Gasteiger partial charge in [-0.2, -0.15) is 0 Å². The highest BCUT2D eigenvalue weighted by atomic mass is 35.5. The molecule has 0 saturated carbocycles. The number of carboxylic acid groups (broad SMARTS) is 1. The minimum Gasteiger partial charge on any atom is -0.496 e. The Morgan fingerprint density at radius 3 is 2.33 bits per heavy atom. The first kappa shape index (κ1) is 28.9. The van der Waals surface area contributed by atoms with Crippen LogP contribution in [0.4, 0.5) is 10.1 Å². The van der Waals surface area contributed by atoms with Crippen molar-refractivity contribution in [1.82, 2.24) is 0 Å². The number of hydrogen-bond acceptors (Lipinski definition) is 5. The molecule has 1 N–H and O–H groups in total. The van der Waals surface area contributed by atoms with Crippen molar-refractivity contribution in [3.63, 3.8) is 0 Å². The zero-order valence-electron chi connectivity index (χ0n) is 22.8. The number of carboxylic acids is 1. The van der Waals surface area contributed by atoms with Crippen molar-refractivity contribution < 1.29 is 32.2 Å². The number of rotatable bonds is 6. The molecule has 0 fully saturated rings. The Morgan fingerprint density at radius 1 is 1.10 bits per heavy atom. The van der Waals surface area contributed by atoms with Crippen LogP contribution in [0.25, 0.3) is 22.3 Å². The van der Waals surface area contributed by atoms with Crippen molar-refractivity contribution >= 4 is 33.3 Å². The molecule has 1 aliphatic rings. The first-order valence-corrected chi connectivity index (χ1v) is 14.5. The van der Waals surface area contributed by atoms with Gasteiger partial charge in [-0.25, -0.2) is 17.6 Å². The molecule has 4 rings (SSSR count). The third-order valence-corrected chi connectivity index (χ3v) is 8.07. The standard InChI is InChI=1S/C29H31ClFNO6S/c1-15-22(19-12-11-18(30)13-21(19)37-6)24(27(28(33)34)38-29(3,4)5)16(2)26-23(15)25-17(9-8-10-20(25)31)14-32(26)39(7,35)36/h8-13,27H,14H2,1-7H3,(H,33,34)/t27-/m0/s1. The third kappa shape index (κ3) is 5.23. The van der Waals surface area contributed by atoms with Gasteiger partial charge in [0.05, 0.1) is 31.2 Å². The smallest absolute Gasteiger partial charge is 0.337 e. The summed E-state index contributed by atoms with van der Waals surface area (Å²) in [6.07, 6.45) is -0.403. The Hall–Kier alpha value is -3.14. The molecule has 39 heavy (non-hydrogen) atoms. The molecule has 0 unspecified atom stereocenters. The lowest BCUT2D eigenvalue weighted by atomic mass is 9.80. The lowest BCUT2D eigenvalue weighted by Gasteiger charge is -2.37. The van der Waals surface area contributed by atoms with Gasteiger partial charge in [0.2, 0.25) is 10.0 Å². The minimum atomic E-state index is -3.85. The van der Waals surface area contributed by atoms with Gasteiger partial charge in [0.15, 0.2) is 6.10 Å². The Balaban J connectivity index is 2.28. The van der Waals surface area contributed by atoms with E-state index in [2.05, 4.69) is 0 Å². The van der Waals surface area contributed by atoms with Crippen molar-refractivity contribution in [3.8, 4) is 28.0 Å². The highest BCUT2D eigenvalue weighted by molar-refractivity contribution is 7.92. The van der Waals surface area contributed by atoms with Crippen LogP contribution in [0.15, 0.2) is 36.4 Å². The summed E-state index contributed by atoms with van der Waals surface area (Å²) in [6.45, 7) is 8.48. The number of halogens is 2. The fourth-order valence-electron chi connectivity index (χ4n) is 5.25. The Bertz CT molecular complexity index is 1600. The van der Waals surface area contributed by atoms with Crippen LogP contribution in [0.2, 0.25) is 5.02 Å². The second-order valence-electron chi connectivity index (χ2n) is 10.6. The number of nitrogens with zero attached hydrogens (tertiary/aromatic N) is 1. The van der Waals surface area contributed by atoms with Crippen LogP contribution in [-0.4, -0.2) is 38.5 Å². The molecule has 1 aliphatic heterocycles. The Morgan fingerprint density at radius 2 is 1.77 bits per heavy atom. The van der Waals surface area contributed by atoms with Crippen LogP contribution in [0.1, 0.15) is 49.1 Å². The maximum absolute atomic E-state index is 15.5. The van der Waals surface area contributed by atoms with E-state index >= 15 is 4.39 Å². The molecule has 1 heterocycles. The summed E-state index contributed by atoms with van der Waals surface area (Å²) < 4.78 is 54.6. The van der Waals surface area contributed by atoms with E-state index in [-0.39, 0.29) is 23.4 Å². The molecule has 0 amide bonds. The first-order chi connectivity index (χ1) is 18.1. The number of hydrogen-bond donors (Lipinski definition) is 1. The predicted octanol–water partition coefficient (Wildman–Crippen LogP) is 6.66. The van der Waals surface area contributed by atoms with Gasteiger partial charge < -0.3 is 14.6 Å². The van der Waals surface area contributed by atoms with Gasteiger partial charge in [0.1, 0.15) is 11.6 Å². The number of fused-ring (bicyclic) bond motifs is 3. The van der Waals surface area contributed by atoms with E-state index in [1.807, 2.05) is 0 Å². The minimum absolute atomic E-state index is 0.0971. The van der Waals surface area contributed by atoms with Gasteiger partial charge in [-0.3, -0.25) is 4.31 Å². The third-order valence-electron chi connectivity index (χ3n) is 6.72. The first-order valence-electron chi connectivity index (χ1n) is 12.2. The number of benzene rings is 3. The largest absolute Gasteiger partial charge is 0.496 e. The second kappa shape index (κ2) is 10.1. The molecular weight excluding hydrogens is 545 g/mol. The lowest BCUT2D eigenvalue weighted by molar-refractivity contribution is -0.160. The fraction of sp³-hybridized carbons (Fsp3) is 0.345. The van der Waals surface area contributed by atoms with E-state index in [1.165, 1.54) is 23.5 Å². The molecule has 0 radical (unpaired) electrons. The summed E-state index contributed by atoms with van der Waals surface area (Å²) in [4.78, 5) is 12.8. The predicted molar refractivity (Wildman–Crippen MR) is 151 cm³/mol. The van der Waals surface area contributed by atoms with Gasteiger partial charge in [-0.05, 0) is 81.1 Å². The van der Waals surface area contributed by atoms with Crippen LogP contribution >= 0.6 is 11.6 Å². The summed E-state index contributed by atoms with van der Waals surface area (Å²) in [5.41, 5.74) is 2.54. The highest BCUT2D eigenvalue weighted by Gasteiger charge is 2.39. The van der Waals surface area contributed by atoms with Crippen LogP contribution in [0.3, 0.4) is 0 Å². The molecule has 0 aliphatic carbocycles. The van der Waals surface area contributed by atoms with Gasteiger partial charge in [-0.1, -0.05) is 23.7 Å². The van der Waals surface area contributed by atoms with Crippen LogP contribution in [0, 0.1) is 19.7 Å². The summed E-state index contributed by atoms with van der Waals surface area (Å²) >= 11 is 6.24. The molecule has 10 heteroatoms. The van der Waals surface area contributed by atoms with E-state index < -0.39 is 33.5 Å². The highest BCUT2D eigenvalue weighted by Crippen LogP contribution is 2.53. The van der Waals surface area contributed by atoms with Gasteiger partial charge in [0.25, 0.3) is 0 Å². The van der Waals surface area contributed by atoms with Crippen molar-refractivity contribution in [3.05, 3.63) is 69.5 Å².